The van der Waals surface area contributed by atoms with Crippen LogP contribution in [0.15, 0.2) is 11.6 Å². The number of fused-ring (bicyclic) bond motifs is 5. The summed E-state index contributed by atoms with van der Waals surface area (Å²) in [6.45, 7) is 22.2. The van der Waals surface area contributed by atoms with E-state index in [1.807, 2.05) is 0 Å². The Morgan fingerprint density at radius 2 is 1.49 bits per heavy atom. The van der Waals surface area contributed by atoms with E-state index in [2.05, 4.69) is 68.4 Å². The second kappa shape index (κ2) is 13.6. The molecule has 4 heteroatoms. The molecule has 9 atom stereocenters. The monoisotopic (exact) mass is 572 g/mol. The first-order valence-corrected chi connectivity index (χ1v) is 21.0. The Bertz CT molecular complexity index is 804. The van der Waals surface area contributed by atoms with E-state index in [4.69, 9.17) is 8.85 Å². The minimum absolute atomic E-state index is 0.354. The molecule has 4 rings (SSSR count). The molecule has 224 valence electrons. The van der Waals surface area contributed by atoms with Crippen LogP contribution in [0.4, 0.5) is 0 Å². The fraction of sp³-hybridized carbons (Fsp3) is 0.943. The predicted molar refractivity (Wildman–Crippen MR) is 172 cm³/mol. The summed E-state index contributed by atoms with van der Waals surface area (Å²) in [6, 6.07) is 4.94. The van der Waals surface area contributed by atoms with Crippen LogP contribution in [0.2, 0.25) is 24.2 Å². The Morgan fingerprint density at radius 3 is 2.13 bits per heavy atom. The van der Waals surface area contributed by atoms with Crippen molar-refractivity contribution < 1.29 is 8.85 Å². The van der Waals surface area contributed by atoms with Crippen molar-refractivity contribution in [2.75, 3.05) is 0 Å². The molecular weight excluding hydrogens is 509 g/mol. The van der Waals surface area contributed by atoms with E-state index in [0.717, 1.165) is 35.5 Å². The molecule has 0 spiro atoms. The largest absolute Gasteiger partial charge is 0.413 e. The Hall–Kier alpha value is 0.0938. The van der Waals surface area contributed by atoms with Gasteiger partial charge in [0, 0.05) is 6.10 Å². The summed E-state index contributed by atoms with van der Waals surface area (Å²) in [6.07, 6.45) is 17.3. The van der Waals surface area contributed by atoms with Crippen molar-refractivity contribution in [3.63, 3.8) is 0 Å². The van der Waals surface area contributed by atoms with Gasteiger partial charge < -0.3 is 8.85 Å². The van der Waals surface area contributed by atoms with Crippen molar-refractivity contribution in [3.8, 4) is 0 Å². The van der Waals surface area contributed by atoms with Crippen LogP contribution < -0.4 is 0 Å². The van der Waals surface area contributed by atoms with Crippen molar-refractivity contribution in [1.82, 2.24) is 0 Å². The average Bonchev–Trinajstić information content (AvgIpc) is 3.27. The van der Waals surface area contributed by atoms with E-state index in [1.165, 1.54) is 88.4 Å². The molecule has 4 aliphatic rings. The Labute approximate surface area is 247 Å². The predicted octanol–water partition coefficient (Wildman–Crippen LogP) is 10.5. The molecule has 2 nitrogen and oxygen atoms in total. The quantitative estimate of drug-likeness (QED) is 0.161. The summed E-state index contributed by atoms with van der Waals surface area (Å²) in [5, 5.41) is 0. The summed E-state index contributed by atoms with van der Waals surface area (Å²) < 4.78 is 14.0. The van der Waals surface area contributed by atoms with Gasteiger partial charge in [-0.1, -0.05) is 93.2 Å². The lowest BCUT2D eigenvalue weighted by molar-refractivity contribution is -0.0915. The van der Waals surface area contributed by atoms with E-state index >= 15 is 0 Å². The van der Waals surface area contributed by atoms with Gasteiger partial charge in [0.1, 0.15) is 0 Å². The third-order valence-electron chi connectivity index (χ3n) is 12.5. The molecule has 0 aromatic heterocycles. The van der Waals surface area contributed by atoms with Crippen LogP contribution in [-0.2, 0) is 8.85 Å². The molecule has 0 aromatic carbocycles. The molecule has 0 aromatic rings. The highest BCUT2D eigenvalue weighted by atomic mass is 28.3. The summed E-state index contributed by atoms with van der Waals surface area (Å²) in [7, 11) is -1.38. The summed E-state index contributed by atoms with van der Waals surface area (Å²) in [5.41, 5.74) is 2.60. The van der Waals surface area contributed by atoms with E-state index in [-0.39, 0.29) is 0 Å². The maximum Gasteiger partial charge on any atom is 0.211 e. The fourth-order valence-corrected chi connectivity index (χ4v) is 13.0. The molecule has 0 aliphatic heterocycles. The lowest BCUT2D eigenvalue weighted by Crippen LogP contribution is -2.56. The molecule has 0 N–H and O–H groups in total. The Morgan fingerprint density at radius 1 is 0.821 bits per heavy atom. The molecule has 0 bridgehead atoms. The molecule has 0 amide bonds. The number of rotatable bonds is 13. The van der Waals surface area contributed by atoms with Crippen LogP contribution in [0.5, 0.6) is 0 Å². The van der Waals surface area contributed by atoms with Crippen LogP contribution in [0.3, 0.4) is 0 Å². The first-order valence-electron chi connectivity index (χ1n) is 17.3. The minimum Gasteiger partial charge on any atom is -0.413 e. The van der Waals surface area contributed by atoms with Crippen LogP contribution in [0.1, 0.15) is 127 Å². The summed E-state index contributed by atoms with van der Waals surface area (Å²) in [5.74, 6) is 4.99. The molecule has 0 heterocycles. The summed E-state index contributed by atoms with van der Waals surface area (Å²) >= 11 is 0. The Balaban J connectivity index is 1.60. The highest BCUT2D eigenvalue weighted by Gasteiger charge is 2.61. The molecule has 39 heavy (non-hydrogen) atoms. The standard InChI is InChI=1S/C35H64O2Si2/c1-10-38(11-2)36-28-19-21-34(8)27(23-28)24-32(37-39(12-3)13-4)33-30-18-17-29(26(7)16-14-15-25(5)6)35(30,9)22-20-31(33)34/h24-26,28-33H,10-23H2,1-9H3/t26-,28+,29-,30+,31+,32-,33+,34+,35-/m1/s1. The third kappa shape index (κ3) is 6.54. The van der Waals surface area contributed by atoms with Crippen LogP contribution in [0, 0.1) is 46.3 Å². The molecule has 3 fully saturated rings. The van der Waals surface area contributed by atoms with Crippen molar-refractivity contribution in [2.24, 2.45) is 46.3 Å². The highest BCUT2D eigenvalue weighted by Crippen LogP contribution is 2.67. The lowest BCUT2D eigenvalue weighted by Gasteiger charge is -2.60. The zero-order chi connectivity index (χ0) is 28.4. The molecule has 2 radical (unpaired) electrons. The molecule has 0 unspecified atom stereocenters. The normalized spacial score (nSPS) is 39.0. The maximum absolute atomic E-state index is 7.24. The molecule has 4 aliphatic carbocycles. The SMILES string of the molecule is CC[Si](CC)O[C@H]1CC[C@@]2(C)C(=C[C@@H](O[Si](CC)CC)[C@H]3[C@@H]4CC[C@H]([C@H](C)CCCC(C)C)[C@@]4(C)CC[C@@H]32)C1. The summed E-state index contributed by atoms with van der Waals surface area (Å²) in [4.78, 5) is 0. The van der Waals surface area contributed by atoms with Gasteiger partial charge >= 0.3 is 0 Å². The first kappa shape index (κ1) is 32.0. The third-order valence-corrected chi connectivity index (χ3v) is 16.9. The zero-order valence-corrected chi connectivity index (χ0v) is 29.4. The van der Waals surface area contributed by atoms with Gasteiger partial charge in [0.2, 0.25) is 18.1 Å². The van der Waals surface area contributed by atoms with Gasteiger partial charge in [-0.15, -0.1) is 0 Å². The van der Waals surface area contributed by atoms with Gasteiger partial charge in [-0.25, -0.2) is 0 Å². The topological polar surface area (TPSA) is 18.5 Å². The second-order valence-electron chi connectivity index (χ2n) is 15.0. The van der Waals surface area contributed by atoms with Crippen LogP contribution in [0.25, 0.3) is 0 Å². The van der Waals surface area contributed by atoms with E-state index in [9.17, 15) is 0 Å². The van der Waals surface area contributed by atoms with Crippen LogP contribution in [-0.4, -0.2) is 30.3 Å². The van der Waals surface area contributed by atoms with E-state index in [0.29, 0.717) is 23.0 Å². The second-order valence-corrected chi connectivity index (χ2v) is 20.4. The van der Waals surface area contributed by atoms with Gasteiger partial charge in [0.25, 0.3) is 0 Å². The van der Waals surface area contributed by atoms with Gasteiger partial charge in [0.05, 0.1) is 6.10 Å². The molecule has 3 saturated carbocycles. The van der Waals surface area contributed by atoms with Crippen molar-refractivity contribution >= 4 is 18.1 Å². The van der Waals surface area contributed by atoms with Gasteiger partial charge in [-0.05, 0) is 115 Å². The van der Waals surface area contributed by atoms with Gasteiger partial charge in [0.15, 0.2) is 0 Å². The zero-order valence-electron chi connectivity index (χ0n) is 27.4. The number of hydrogen-bond acceptors (Lipinski definition) is 2. The average molecular weight is 573 g/mol. The fourth-order valence-electron chi connectivity index (χ4n) is 10.1. The van der Waals surface area contributed by atoms with Gasteiger partial charge in [-0.2, -0.15) is 0 Å². The molecular formula is C35H64O2Si2. The smallest absolute Gasteiger partial charge is 0.211 e. The van der Waals surface area contributed by atoms with E-state index in [1.54, 1.807) is 5.57 Å². The number of hydrogen-bond donors (Lipinski definition) is 0. The van der Waals surface area contributed by atoms with Gasteiger partial charge in [-0.3, -0.25) is 0 Å². The highest BCUT2D eigenvalue weighted by molar-refractivity contribution is 6.51. The Kier molecular flexibility index (Phi) is 11.2. The molecule has 0 saturated heterocycles. The van der Waals surface area contributed by atoms with Crippen molar-refractivity contribution in [2.45, 2.75) is 163 Å². The van der Waals surface area contributed by atoms with Crippen molar-refractivity contribution in [3.05, 3.63) is 11.6 Å². The van der Waals surface area contributed by atoms with Crippen molar-refractivity contribution in [1.29, 1.82) is 0 Å². The first-order chi connectivity index (χ1) is 18.6. The maximum atomic E-state index is 7.24. The minimum atomic E-state index is -0.736. The lowest BCUT2D eigenvalue weighted by atomic mass is 9.46. The van der Waals surface area contributed by atoms with Crippen LogP contribution >= 0.6 is 0 Å². The van der Waals surface area contributed by atoms with E-state index < -0.39 is 18.1 Å².